The Hall–Kier alpha value is -1.35. The minimum atomic E-state index is -0.393. The van der Waals surface area contributed by atoms with E-state index in [0.29, 0.717) is 6.04 Å². The molecule has 0 aromatic heterocycles. The van der Waals surface area contributed by atoms with Gasteiger partial charge in [0.15, 0.2) is 0 Å². The van der Waals surface area contributed by atoms with Crippen molar-refractivity contribution in [1.29, 1.82) is 0 Å². The number of nitrogens with zero attached hydrogens (tertiary/aromatic N) is 1. The molecule has 1 saturated heterocycles. The van der Waals surface area contributed by atoms with Crippen LogP contribution in [0.2, 0.25) is 0 Å². The van der Waals surface area contributed by atoms with Crippen LogP contribution >= 0.6 is 0 Å². The Morgan fingerprint density at radius 1 is 1.30 bits per heavy atom. The van der Waals surface area contributed by atoms with E-state index in [1.54, 1.807) is 0 Å². The zero-order valence-corrected chi connectivity index (χ0v) is 12.9. The Morgan fingerprint density at radius 2 is 1.95 bits per heavy atom. The largest absolute Gasteiger partial charge is 0.460 e. The highest BCUT2D eigenvalue weighted by Crippen LogP contribution is 2.28. The highest BCUT2D eigenvalue weighted by atomic mass is 16.6. The van der Waals surface area contributed by atoms with E-state index in [4.69, 9.17) is 4.74 Å². The second kappa shape index (κ2) is 5.96. The predicted octanol–water partition coefficient (Wildman–Crippen LogP) is 3.41. The number of benzene rings is 1. The van der Waals surface area contributed by atoms with Crippen LogP contribution in [0.3, 0.4) is 0 Å². The Balaban J connectivity index is 1.94. The summed E-state index contributed by atoms with van der Waals surface area (Å²) in [5, 5.41) is 0. The molecule has 20 heavy (non-hydrogen) atoms. The fraction of sp³-hybridized carbons (Fsp3) is 0.588. The summed E-state index contributed by atoms with van der Waals surface area (Å²) >= 11 is 0. The molecule has 0 saturated carbocycles. The molecule has 1 heterocycles. The summed E-state index contributed by atoms with van der Waals surface area (Å²) in [7, 11) is 0. The topological polar surface area (TPSA) is 29.5 Å². The highest BCUT2D eigenvalue weighted by molar-refractivity contribution is 5.73. The van der Waals surface area contributed by atoms with Crippen molar-refractivity contribution >= 4 is 5.97 Å². The van der Waals surface area contributed by atoms with Gasteiger partial charge in [0.1, 0.15) is 5.60 Å². The maximum Gasteiger partial charge on any atom is 0.310 e. The Labute approximate surface area is 121 Å². The molecule has 0 radical (unpaired) electrons. The van der Waals surface area contributed by atoms with Crippen LogP contribution in [0.4, 0.5) is 0 Å². The average molecular weight is 275 g/mol. The number of likely N-dealkylation sites (tertiary alicyclic amines) is 1. The molecule has 0 bridgehead atoms. The summed E-state index contributed by atoms with van der Waals surface area (Å²) < 4.78 is 5.49. The SMILES string of the molecule is C[C@H](c1ccccc1)N1CCC(C(=O)OC(C)(C)C)C1. The molecule has 0 N–H and O–H groups in total. The normalized spacial score (nSPS) is 21.7. The fourth-order valence-electron chi connectivity index (χ4n) is 2.66. The Bertz CT molecular complexity index is 450. The van der Waals surface area contributed by atoms with E-state index in [9.17, 15) is 4.79 Å². The van der Waals surface area contributed by atoms with Crippen molar-refractivity contribution in [2.45, 2.75) is 45.8 Å². The van der Waals surface area contributed by atoms with E-state index < -0.39 is 5.60 Å². The number of carbonyl (C=O) groups excluding carboxylic acids is 1. The highest BCUT2D eigenvalue weighted by Gasteiger charge is 2.33. The van der Waals surface area contributed by atoms with Gasteiger partial charge in [0.2, 0.25) is 0 Å². The van der Waals surface area contributed by atoms with Crippen LogP contribution in [-0.4, -0.2) is 29.6 Å². The van der Waals surface area contributed by atoms with E-state index in [2.05, 4.69) is 36.1 Å². The first-order valence-corrected chi connectivity index (χ1v) is 7.38. The van der Waals surface area contributed by atoms with Gasteiger partial charge in [0.05, 0.1) is 5.92 Å². The molecule has 0 spiro atoms. The number of hydrogen-bond acceptors (Lipinski definition) is 3. The molecule has 3 heteroatoms. The van der Waals surface area contributed by atoms with Crippen LogP contribution in [0.25, 0.3) is 0 Å². The van der Waals surface area contributed by atoms with Gasteiger partial charge in [-0.1, -0.05) is 30.3 Å². The molecule has 1 aromatic carbocycles. The third kappa shape index (κ3) is 3.83. The molecular weight excluding hydrogens is 250 g/mol. The number of hydrogen-bond donors (Lipinski definition) is 0. The maximum atomic E-state index is 12.1. The average Bonchev–Trinajstić information content (AvgIpc) is 2.86. The van der Waals surface area contributed by atoms with Crippen molar-refractivity contribution in [3.05, 3.63) is 35.9 Å². The maximum absolute atomic E-state index is 12.1. The summed E-state index contributed by atoms with van der Waals surface area (Å²) in [5.41, 5.74) is 0.910. The van der Waals surface area contributed by atoms with Gasteiger partial charge in [-0.15, -0.1) is 0 Å². The second-order valence-corrected chi connectivity index (χ2v) is 6.60. The van der Waals surface area contributed by atoms with Crippen molar-refractivity contribution < 1.29 is 9.53 Å². The summed E-state index contributed by atoms with van der Waals surface area (Å²) in [6.45, 7) is 9.72. The number of esters is 1. The summed E-state index contributed by atoms with van der Waals surface area (Å²) in [6.07, 6.45) is 0.895. The van der Waals surface area contributed by atoms with Crippen LogP contribution in [0, 0.1) is 5.92 Å². The zero-order chi connectivity index (χ0) is 14.8. The zero-order valence-electron chi connectivity index (χ0n) is 12.9. The Kier molecular flexibility index (Phi) is 4.48. The minimum Gasteiger partial charge on any atom is -0.460 e. The van der Waals surface area contributed by atoms with Crippen LogP contribution in [0.1, 0.15) is 45.7 Å². The van der Waals surface area contributed by atoms with E-state index in [1.165, 1.54) is 5.56 Å². The van der Waals surface area contributed by atoms with Crippen molar-refractivity contribution in [3.63, 3.8) is 0 Å². The van der Waals surface area contributed by atoms with Gasteiger partial charge in [0, 0.05) is 12.6 Å². The first-order chi connectivity index (χ1) is 9.37. The molecular formula is C17H25NO2. The molecule has 0 aliphatic carbocycles. The van der Waals surface area contributed by atoms with Crippen molar-refractivity contribution in [1.82, 2.24) is 4.90 Å². The monoisotopic (exact) mass is 275 g/mol. The number of ether oxygens (including phenoxy) is 1. The van der Waals surface area contributed by atoms with Crippen LogP contribution in [0.5, 0.6) is 0 Å². The first-order valence-electron chi connectivity index (χ1n) is 7.38. The summed E-state index contributed by atoms with van der Waals surface area (Å²) in [5.74, 6) is -0.0411. The lowest BCUT2D eigenvalue weighted by Gasteiger charge is -2.25. The third-order valence-electron chi connectivity index (χ3n) is 3.79. The summed E-state index contributed by atoms with van der Waals surface area (Å²) in [4.78, 5) is 14.5. The van der Waals surface area contributed by atoms with Crippen LogP contribution in [-0.2, 0) is 9.53 Å². The van der Waals surface area contributed by atoms with Gasteiger partial charge >= 0.3 is 5.97 Å². The minimum absolute atomic E-state index is 0.0142. The van der Waals surface area contributed by atoms with Gasteiger partial charge in [-0.3, -0.25) is 9.69 Å². The van der Waals surface area contributed by atoms with Gasteiger partial charge in [-0.25, -0.2) is 0 Å². The van der Waals surface area contributed by atoms with Crippen molar-refractivity contribution in [2.75, 3.05) is 13.1 Å². The van der Waals surface area contributed by atoms with Gasteiger partial charge in [-0.05, 0) is 46.2 Å². The van der Waals surface area contributed by atoms with Gasteiger partial charge in [-0.2, -0.15) is 0 Å². The fourth-order valence-corrected chi connectivity index (χ4v) is 2.66. The quantitative estimate of drug-likeness (QED) is 0.792. The molecule has 3 nitrogen and oxygen atoms in total. The lowest BCUT2D eigenvalue weighted by Crippen LogP contribution is -2.31. The van der Waals surface area contributed by atoms with Crippen LogP contribution < -0.4 is 0 Å². The van der Waals surface area contributed by atoms with Crippen molar-refractivity contribution in [2.24, 2.45) is 5.92 Å². The van der Waals surface area contributed by atoms with E-state index in [-0.39, 0.29) is 11.9 Å². The molecule has 110 valence electrons. The van der Waals surface area contributed by atoms with Gasteiger partial charge < -0.3 is 4.74 Å². The third-order valence-corrected chi connectivity index (χ3v) is 3.79. The molecule has 2 rings (SSSR count). The molecule has 1 aromatic rings. The second-order valence-electron chi connectivity index (χ2n) is 6.60. The molecule has 2 atom stereocenters. The number of rotatable bonds is 3. The first kappa shape index (κ1) is 15.0. The predicted molar refractivity (Wildman–Crippen MR) is 80.4 cm³/mol. The molecule has 1 aliphatic heterocycles. The van der Waals surface area contributed by atoms with E-state index >= 15 is 0 Å². The van der Waals surface area contributed by atoms with Crippen molar-refractivity contribution in [3.8, 4) is 0 Å². The lowest BCUT2D eigenvalue weighted by molar-refractivity contribution is -0.159. The molecule has 0 amide bonds. The lowest BCUT2D eigenvalue weighted by atomic mass is 10.1. The molecule has 1 unspecified atom stereocenters. The number of carbonyl (C=O) groups is 1. The Morgan fingerprint density at radius 3 is 2.55 bits per heavy atom. The molecule has 1 aliphatic rings. The van der Waals surface area contributed by atoms with Crippen LogP contribution in [0.15, 0.2) is 30.3 Å². The van der Waals surface area contributed by atoms with E-state index in [1.807, 2.05) is 26.8 Å². The smallest absolute Gasteiger partial charge is 0.310 e. The van der Waals surface area contributed by atoms with Gasteiger partial charge in [0.25, 0.3) is 0 Å². The molecule has 1 fully saturated rings. The summed E-state index contributed by atoms with van der Waals surface area (Å²) in [6, 6.07) is 10.8. The van der Waals surface area contributed by atoms with E-state index in [0.717, 1.165) is 19.5 Å². The standard InChI is InChI=1S/C17H25NO2/c1-13(14-8-6-5-7-9-14)18-11-10-15(12-18)16(19)20-17(2,3)4/h5-9,13,15H,10-12H2,1-4H3/t13-,15?/m1/s1.